The Balaban J connectivity index is 1.78. The van der Waals surface area contributed by atoms with E-state index in [1.807, 2.05) is 18.2 Å². The summed E-state index contributed by atoms with van der Waals surface area (Å²) in [4.78, 5) is 0. The molecule has 0 atom stereocenters. The van der Waals surface area contributed by atoms with Crippen molar-refractivity contribution in [1.82, 2.24) is 0 Å². The van der Waals surface area contributed by atoms with Gasteiger partial charge in [0.25, 0.3) is 0 Å². The molecule has 0 amide bonds. The molecule has 0 saturated carbocycles. The summed E-state index contributed by atoms with van der Waals surface area (Å²) < 4.78 is 5.66. The standard InChI is InChI=1S/C16H17Cl2NO/c1-2-12-3-6-14(7-4-12)20-10-9-19-16-8-5-13(17)11-15(16)18/h3-8,11,19H,2,9-10H2,1H3. The molecule has 2 rings (SSSR count). The Labute approximate surface area is 129 Å². The lowest BCUT2D eigenvalue weighted by molar-refractivity contribution is 0.333. The molecule has 0 bridgehead atoms. The zero-order valence-corrected chi connectivity index (χ0v) is 12.8. The van der Waals surface area contributed by atoms with E-state index < -0.39 is 0 Å². The second-order valence-corrected chi connectivity index (χ2v) is 5.24. The van der Waals surface area contributed by atoms with Crippen molar-refractivity contribution in [3.8, 4) is 5.75 Å². The smallest absolute Gasteiger partial charge is 0.119 e. The predicted octanol–water partition coefficient (Wildman–Crippen LogP) is 5.05. The molecule has 20 heavy (non-hydrogen) atoms. The van der Waals surface area contributed by atoms with Crippen LogP contribution in [-0.2, 0) is 6.42 Å². The largest absolute Gasteiger partial charge is 0.492 e. The zero-order valence-electron chi connectivity index (χ0n) is 11.3. The summed E-state index contributed by atoms with van der Waals surface area (Å²) in [5.74, 6) is 0.881. The molecule has 0 aliphatic carbocycles. The molecule has 0 spiro atoms. The van der Waals surface area contributed by atoms with Crippen molar-refractivity contribution < 1.29 is 4.74 Å². The van der Waals surface area contributed by atoms with Crippen molar-refractivity contribution >= 4 is 28.9 Å². The fraction of sp³-hybridized carbons (Fsp3) is 0.250. The molecule has 0 radical (unpaired) electrons. The van der Waals surface area contributed by atoms with Gasteiger partial charge in [-0.1, -0.05) is 42.3 Å². The third kappa shape index (κ3) is 4.32. The molecule has 0 saturated heterocycles. The Hall–Kier alpha value is -1.38. The Morgan fingerprint density at radius 1 is 1.05 bits per heavy atom. The van der Waals surface area contributed by atoms with Gasteiger partial charge in [0.15, 0.2) is 0 Å². The van der Waals surface area contributed by atoms with Crippen LogP contribution in [0.2, 0.25) is 10.0 Å². The van der Waals surface area contributed by atoms with E-state index in [0.717, 1.165) is 17.9 Å². The average molecular weight is 310 g/mol. The van der Waals surface area contributed by atoms with Gasteiger partial charge >= 0.3 is 0 Å². The molecule has 0 heterocycles. The molecule has 1 N–H and O–H groups in total. The molecular weight excluding hydrogens is 293 g/mol. The molecule has 4 heteroatoms. The molecule has 2 aromatic carbocycles. The second-order valence-electron chi connectivity index (χ2n) is 4.40. The first kappa shape index (κ1) is 15.0. The van der Waals surface area contributed by atoms with Gasteiger partial charge in [0.1, 0.15) is 12.4 Å². The highest BCUT2D eigenvalue weighted by Gasteiger charge is 2.00. The molecule has 2 aromatic rings. The number of halogens is 2. The lowest BCUT2D eigenvalue weighted by Gasteiger charge is -2.10. The van der Waals surface area contributed by atoms with Gasteiger partial charge in [0.2, 0.25) is 0 Å². The van der Waals surface area contributed by atoms with E-state index in [1.165, 1.54) is 5.56 Å². The summed E-state index contributed by atoms with van der Waals surface area (Å²) in [6, 6.07) is 13.5. The van der Waals surface area contributed by atoms with Crippen molar-refractivity contribution in [1.29, 1.82) is 0 Å². The first-order chi connectivity index (χ1) is 9.69. The number of ether oxygens (including phenoxy) is 1. The van der Waals surface area contributed by atoms with Crippen molar-refractivity contribution in [2.24, 2.45) is 0 Å². The molecule has 0 fully saturated rings. The van der Waals surface area contributed by atoms with Crippen LogP contribution >= 0.6 is 23.2 Å². The minimum Gasteiger partial charge on any atom is -0.492 e. The topological polar surface area (TPSA) is 21.3 Å². The van der Waals surface area contributed by atoms with Crippen LogP contribution in [0.5, 0.6) is 5.75 Å². The number of hydrogen-bond donors (Lipinski definition) is 1. The highest BCUT2D eigenvalue weighted by atomic mass is 35.5. The summed E-state index contributed by atoms with van der Waals surface area (Å²) >= 11 is 11.9. The maximum Gasteiger partial charge on any atom is 0.119 e. The van der Waals surface area contributed by atoms with Gasteiger partial charge in [-0.2, -0.15) is 0 Å². The molecule has 0 aliphatic heterocycles. The van der Waals surface area contributed by atoms with Gasteiger partial charge in [-0.3, -0.25) is 0 Å². The van der Waals surface area contributed by atoms with Crippen LogP contribution in [0.25, 0.3) is 0 Å². The Kier molecular flexibility index (Phi) is 5.57. The normalized spacial score (nSPS) is 10.3. The first-order valence-corrected chi connectivity index (χ1v) is 7.35. The summed E-state index contributed by atoms with van der Waals surface area (Å²) in [6.45, 7) is 3.39. The number of rotatable bonds is 6. The molecule has 0 aromatic heterocycles. The maximum atomic E-state index is 6.07. The van der Waals surface area contributed by atoms with E-state index in [1.54, 1.807) is 12.1 Å². The predicted molar refractivity (Wildman–Crippen MR) is 86.3 cm³/mol. The van der Waals surface area contributed by atoms with Crippen molar-refractivity contribution in [2.45, 2.75) is 13.3 Å². The highest BCUT2D eigenvalue weighted by Crippen LogP contribution is 2.25. The van der Waals surface area contributed by atoms with Crippen molar-refractivity contribution in [3.63, 3.8) is 0 Å². The molecule has 0 aliphatic rings. The van der Waals surface area contributed by atoms with Gasteiger partial charge in [0.05, 0.1) is 10.7 Å². The lowest BCUT2D eigenvalue weighted by atomic mass is 10.2. The molecule has 2 nitrogen and oxygen atoms in total. The Morgan fingerprint density at radius 2 is 1.80 bits per heavy atom. The quantitative estimate of drug-likeness (QED) is 0.754. The van der Waals surface area contributed by atoms with Crippen LogP contribution in [0.4, 0.5) is 5.69 Å². The Morgan fingerprint density at radius 3 is 2.45 bits per heavy atom. The highest BCUT2D eigenvalue weighted by molar-refractivity contribution is 6.36. The summed E-state index contributed by atoms with van der Waals surface area (Å²) in [5.41, 5.74) is 2.17. The third-order valence-electron chi connectivity index (χ3n) is 2.95. The Bertz CT molecular complexity index is 555. The summed E-state index contributed by atoms with van der Waals surface area (Å²) in [7, 11) is 0. The summed E-state index contributed by atoms with van der Waals surface area (Å²) in [5, 5.41) is 4.47. The van der Waals surface area contributed by atoms with E-state index in [0.29, 0.717) is 23.2 Å². The minimum absolute atomic E-state index is 0.574. The van der Waals surface area contributed by atoms with Crippen LogP contribution in [-0.4, -0.2) is 13.2 Å². The monoisotopic (exact) mass is 309 g/mol. The number of anilines is 1. The van der Waals surface area contributed by atoms with E-state index in [-0.39, 0.29) is 0 Å². The van der Waals surface area contributed by atoms with Gasteiger partial charge < -0.3 is 10.1 Å². The van der Waals surface area contributed by atoms with Gasteiger partial charge in [0, 0.05) is 11.6 Å². The van der Waals surface area contributed by atoms with Crippen LogP contribution in [0.15, 0.2) is 42.5 Å². The average Bonchev–Trinajstić information content (AvgIpc) is 2.46. The van der Waals surface area contributed by atoms with Gasteiger partial charge in [-0.05, 0) is 42.3 Å². The number of benzene rings is 2. The van der Waals surface area contributed by atoms with E-state index in [4.69, 9.17) is 27.9 Å². The fourth-order valence-corrected chi connectivity index (χ4v) is 2.28. The molecular formula is C16H17Cl2NO. The number of hydrogen-bond acceptors (Lipinski definition) is 2. The first-order valence-electron chi connectivity index (χ1n) is 6.59. The lowest BCUT2D eigenvalue weighted by Crippen LogP contribution is -2.11. The van der Waals surface area contributed by atoms with E-state index >= 15 is 0 Å². The van der Waals surface area contributed by atoms with E-state index in [9.17, 15) is 0 Å². The van der Waals surface area contributed by atoms with Crippen molar-refractivity contribution in [3.05, 3.63) is 58.1 Å². The molecule has 0 unspecified atom stereocenters. The minimum atomic E-state index is 0.574. The van der Waals surface area contributed by atoms with Crippen molar-refractivity contribution in [2.75, 3.05) is 18.5 Å². The van der Waals surface area contributed by atoms with Crippen LogP contribution < -0.4 is 10.1 Å². The molecule has 106 valence electrons. The fourth-order valence-electron chi connectivity index (χ4n) is 1.81. The second kappa shape index (κ2) is 7.41. The number of nitrogens with one attached hydrogen (secondary N) is 1. The van der Waals surface area contributed by atoms with Crippen LogP contribution in [0.3, 0.4) is 0 Å². The van der Waals surface area contributed by atoms with Crippen LogP contribution in [0, 0.1) is 0 Å². The zero-order chi connectivity index (χ0) is 14.4. The third-order valence-corrected chi connectivity index (χ3v) is 3.50. The van der Waals surface area contributed by atoms with E-state index in [2.05, 4.69) is 24.4 Å². The van der Waals surface area contributed by atoms with Crippen LogP contribution in [0.1, 0.15) is 12.5 Å². The maximum absolute atomic E-state index is 6.07. The summed E-state index contributed by atoms with van der Waals surface area (Å²) in [6.07, 6.45) is 1.04. The van der Waals surface area contributed by atoms with Gasteiger partial charge in [-0.15, -0.1) is 0 Å². The van der Waals surface area contributed by atoms with Gasteiger partial charge in [-0.25, -0.2) is 0 Å². The number of aryl methyl sites for hydroxylation is 1. The SMILES string of the molecule is CCc1ccc(OCCNc2ccc(Cl)cc2Cl)cc1.